The molecule has 3 rings (SSSR count). The number of ether oxygens (including phenoxy) is 1. The molecule has 1 amide bonds. The van der Waals surface area contributed by atoms with Gasteiger partial charge in [-0.05, 0) is 11.1 Å². The fourth-order valence-electron chi connectivity index (χ4n) is 2.79. The van der Waals surface area contributed by atoms with Crippen LogP contribution < -0.4 is 15.6 Å². The predicted octanol–water partition coefficient (Wildman–Crippen LogP) is 2.68. The third-order valence-electron chi connectivity index (χ3n) is 4.17. The van der Waals surface area contributed by atoms with E-state index in [0.717, 1.165) is 11.1 Å². The van der Waals surface area contributed by atoms with E-state index in [0.29, 0.717) is 13.2 Å². The fourth-order valence-corrected chi connectivity index (χ4v) is 2.79. The molecule has 0 saturated heterocycles. The maximum absolute atomic E-state index is 13.0. The molecule has 0 atom stereocenters. The van der Waals surface area contributed by atoms with E-state index in [1.165, 1.54) is 16.9 Å². The van der Waals surface area contributed by atoms with E-state index in [1.807, 2.05) is 30.3 Å². The first-order chi connectivity index (χ1) is 13.1. The zero-order valence-electron chi connectivity index (χ0n) is 14.9. The van der Waals surface area contributed by atoms with Gasteiger partial charge in [0.1, 0.15) is 13.3 Å². The average Bonchev–Trinajstić information content (AvgIpc) is 2.69. The van der Waals surface area contributed by atoms with Gasteiger partial charge in [0.2, 0.25) is 5.43 Å². The lowest BCUT2D eigenvalue weighted by atomic mass is 10.2. The molecule has 1 aliphatic rings. The summed E-state index contributed by atoms with van der Waals surface area (Å²) in [6, 6.07) is 10.9. The van der Waals surface area contributed by atoms with Crippen LogP contribution in [0.3, 0.4) is 0 Å². The quantitative estimate of drug-likeness (QED) is 0.769. The minimum atomic E-state index is -0.334. The van der Waals surface area contributed by atoms with Gasteiger partial charge in [0, 0.05) is 18.8 Å². The summed E-state index contributed by atoms with van der Waals surface area (Å²) in [4.78, 5) is 27.0. The number of allylic oxidation sites excluding steroid dienone is 2. The highest BCUT2D eigenvalue weighted by molar-refractivity contribution is 5.96. The molecule has 0 saturated carbocycles. The maximum atomic E-state index is 13.0. The van der Waals surface area contributed by atoms with Crippen molar-refractivity contribution in [3.8, 4) is 5.75 Å². The monoisotopic (exact) mass is 363 g/mol. The van der Waals surface area contributed by atoms with Gasteiger partial charge < -0.3 is 15.1 Å². The summed E-state index contributed by atoms with van der Waals surface area (Å²) in [6.07, 6.45) is 6.65. The van der Waals surface area contributed by atoms with Gasteiger partial charge in [-0.2, -0.15) is 0 Å². The summed E-state index contributed by atoms with van der Waals surface area (Å²) in [6.45, 7) is 8.28. The molecule has 0 unspecified atom stereocenters. The normalized spacial score (nSPS) is 13.6. The SMILES string of the molecule is C=C/C=C(\C=C)CN1CNn2ccc(=O)c(OCc3ccccc3)c2C1=O. The summed E-state index contributed by atoms with van der Waals surface area (Å²) in [5.41, 5.74) is 4.71. The highest BCUT2D eigenvalue weighted by Crippen LogP contribution is 2.20. The number of carbonyl (C=O) groups is 1. The van der Waals surface area contributed by atoms with Crippen molar-refractivity contribution in [1.82, 2.24) is 9.58 Å². The van der Waals surface area contributed by atoms with Crippen LogP contribution in [-0.4, -0.2) is 28.7 Å². The van der Waals surface area contributed by atoms with Gasteiger partial charge in [-0.25, -0.2) is 0 Å². The highest BCUT2D eigenvalue weighted by atomic mass is 16.5. The molecule has 6 heteroatoms. The van der Waals surface area contributed by atoms with Crippen molar-refractivity contribution in [3.63, 3.8) is 0 Å². The highest BCUT2D eigenvalue weighted by Gasteiger charge is 2.29. The van der Waals surface area contributed by atoms with Gasteiger partial charge in [-0.1, -0.05) is 61.7 Å². The standard InChI is InChI=1S/C21H21N3O3/c1-3-8-16(4-2)13-23-15-22-24-12-11-18(25)20(19(24)21(23)26)27-14-17-9-6-5-7-10-17/h3-12,22H,1-2,13-15H2/b16-8+. The topological polar surface area (TPSA) is 63.6 Å². The molecule has 0 bridgehead atoms. The molecular formula is C21H21N3O3. The molecular weight excluding hydrogens is 342 g/mol. The number of nitrogens with zero attached hydrogens (tertiary/aromatic N) is 2. The average molecular weight is 363 g/mol. The molecule has 0 spiro atoms. The van der Waals surface area contributed by atoms with Gasteiger partial charge in [-0.3, -0.25) is 14.3 Å². The van der Waals surface area contributed by atoms with Crippen molar-refractivity contribution >= 4 is 5.91 Å². The Bertz CT molecular complexity index is 945. The van der Waals surface area contributed by atoms with Crippen molar-refractivity contribution in [3.05, 3.63) is 101 Å². The van der Waals surface area contributed by atoms with Crippen LogP contribution in [0.4, 0.5) is 0 Å². The summed E-state index contributed by atoms with van der Waals surface area (Å²) < 4.78 is 7.28. The smallest absolute Gasteiger partial charge is 0.278 e. The first-order valence-corrected chi connectivity index (χ1v) is 8.53. The lowest BCUT2D eigenvalue weighted by Gasteiger charge is -2.32. The number of nitrogens with one attached hydrogen (secondary N) is 1. The minimum absolute atomic E-state index is 0.0383. The number of rotatable bonds is 7. The summed E-state index contributed by atoms with van der Waals surface area (Å²) in [5, 5.41) is 0. The molecule has 0 radical (unpaired) electrons. The molecule has 1 aromatic carbocycles. The fraction of sp³-hybridized carbons (Fsp3) is 0.143. The second kappa shape index (κ2) is 8.23. The summed E-state index contributed by atoms with van der Waals surface area (Å²) in [7, 11) is 0. The summed E-state index contributed by atoms with van der Waals surface area (Å²) in [5.74, 6) is -0.247. The zero-order chi connectivity index (χ0) is 19.2. The molecule has 1 N–H and O–H groups in total. The number of aromatic nitrogens is 1. The predicted molar refractivity (Wildman–Crippen MR) is 105 cm³/mol. The maximum Gasteiger partial charge on any atom is 0.278 e. The van der Waals surface area contributed by atoms with E-state index in [9.17, 15) is 9.59 Å². The molecule has 27 heavy (non-hydrogen) atoms. The van der Waals surface area contributed by atoms with Crippen molar-refractivity contribution in [1.29, 1.82) is 0 Å². The Morgan fingerprint density at radius 3 is 2.67 bits per heavy atom. The van der Waals surface area contributed by atoms with Crippen molar-refractivity contribution in [2.75, 3.05) is 18.6 Å². The number of amides is 1. The van der Waals surface area contributed by atoms with Gasteiger partial charge in [-0.15, -0.1) is 0 Å². The van der Waals surface area contributed by atoms with Crippen LogP contribution in [0, 0.1) is 0 Å². The lowest BCUT2D eigenvalue weighted by Crippen LogP contribution is -2.47. The molecule has 0 aliphatic carbocycles. The van der Waals surface area contributed by atoms with Crippen molar-refractivity contribution < 1.29 is 9.53 Å². The second-order valence-electron chi connectivity index (χ2n) is 6.00. The Balaban J connectivity index is 1.89. The molecule has 6 nitrogen and oxygen atoms in total. The van der Waals surface area contributed by atoms with Gasteiger partial charge in [0.05, 0.1) is 0 Å². The first-order valence-electron chi connectivity index (χ1n) is 8.53. The molecule has 138 valence electrons. The zero-order valence-corrected chi connectivity index (χ0v) is 14.9. The van der Waals surface area contributed by atoms with E-state index in [4.69, 9.17) is 4.74 Å². The van der Waals surface area contributed by atoms with Gasteiger partial charge in [0.25, 0.3) is 5.91 Å². The number of benzene rings is 1. The molecule has 1 aromatic heterocycles. The molecule has 2 aromatic rings. The van der Waals surface area contributed by atoms with Crippen LogP contribution in [0.15, 0.2) is 84.3 Å². The van der Waals surface area contributed by atoms with Crippen LogP contribution in [0.1, 0.15) is 16.1 Å². The molecule has 0 fully saturated rings. The van der Waals surface area contributed by atoms with Crippen LogP contribution in [-0.2, 0) is 6.61 Å². The second-order valence-corrected chi connectivity index (χ2v) is 6.00. The van der Waals surface area contributed by atoms with E-state index in [-0.39, 0.29) is 29.4 Å². The number of pyridine rings is 1. The van der Waals surface area contributed by atoms with Gasteiger partial charge >= 0.3 is 0 Å². The Morgan fingerprint density at radius 2 is 1.96 bits per heavy atom. The van der Waals surface area contributed by atoms with E-state index in [1.54, 1.807) is 23.1 Å². The Morgan fingerprint density at radius 1 is 1.19 bits per heavy atom. The Kier molecular flexibility index (Phi) is 5.56. The largest absolute Gasteiger partial charge is 0.482 e. The molecule has 2 heterocycles. The van der Waals surface area contributed by atoms with Gasteiger partial charge in [0.15, 0.2) is 11.4 Å². The van der Waals surface area contributed by atoms with E-state index >= 15 is 0 Å². The lowest BCUT2D eigenvalue weighted by molar-refractivity contribution is 0.0736. The van der Waals surface area contributed by atoms with Crippen LogP contribution in [0.2, 0.25) is 0 Å². The minimum Gasteiger partial charge on any atom is -0.482 e. The number of hydrogen-bond donors (Lipinski definition) is 1. The van der Waals surface area contributed by atoms with Crippen LogP contribution >= 0.6 is 0 Å². The number of fused-ring (bicyclic) bond motifs is 1. The third-order valence-corrected chi connectivity index (χ3v) is 4.17. The van der Waals surface area contributed by atoms with E-state index in [2.05, 4.69) is 18.6 Å². The van der Waals surface area contributed by atoms with Crippen molar-refractivity contribution in [2.24, 2.45) is 0 Å². The molecule has 1 aliphatic heterocycles. The van der Waals surface area contributed by atoms with Crippen LogP contribution in [0.5, 0.6) is 5.75 Å². The number of carbonyl (C=O) groups excluding carboxylic acids is 1. The third kappa shape index (κ3) is 4.00. The Labute approximate surface area is 157 Å². The van der Waals surface area contributed by atoms with E-state index < -0.39 is 0 Å². The van der Waals surface area contributed by atoms with Crippen molar-refractivity contribution in [2.45, 2.75) is 6.61 Å². The first kappa shape index (κ1) is 18.3. The number of hydrogen-bond acceptors (Lipinski definition) is 4. The summed E-state index contributed by atoms with van der Waals surface area (Å²) >= 11 is 0. The Hall–Kier alpha value is -3.54. The van der Waals surface area contributed by atoms with Crippen LogP contribution in [0.25, 0.3) is 0 Å².